The van der Waals surface area contributed by atoms with E-state index in [9.17, 15) is 0 Å². The molecule has 1 atom stereocenters. The highest BCUT2D eigenvalue weighted by atomic mass is 15.3. The Morgan fingerprint density at radius 1 is 1.25 bits per heavy atom. The molecule has 0 saturated carbocycles. The number of aromatic nitrogens is 2. The van der Waals surface area contributed by atoms with Crippen molar-refractivity contribution in [3.05, 3.63) is 18.0 Å². The Bertz CT molecular complexity index is 402. The van der Waals surface area contributed by atoms with Crippen LogP contribution in [0.3, 0.4) is 0 Å². The summed E-state index contributed by atoms with van der Waals surface area (Å²) in [7, 11) is 2.00. The van der Waals surface area contributed by atoms with Crippen molar-refractivity contribution in [2.75, 3.05) is 13.1 Å². The molecule has 4 heteroatoms. The number of rotatable bonds is 5. The molecular weight excluding hydrogens is 248 g/mol. The van der Waals surface area contributed by atoms with E-state index in [0.29, 0.717) is 0 Å². The number of nitrogens with zero attached hydrogens (tertiary/aromatic N) is 3. The molecule has 0 spiro atoms. The molecule has 1 saturated heterocycles. The summed E-state index contributed by atoms with van der Waals surface area (Å²) in [6.07, 6.45) is 9.27. The van der Waals surface area contributed by atoms with Crippen LogP contribution in [-0.2, 0) is 13.5 Å². The predicted molar refractivity (Wildman–Crippen MR) is 83.6 cm³/mol. The quantitative estimate of drug-likeness (QED) is 0.899. The van der Waals surface area contributed by atoms with Crippen LogP contribution in [0.5, 0.6) is 0 Å². The van der Waals surface area contributed by atoms with Gasteiger partial charge < -0.3 is 5.73 Å². The second kappa shape index (κ2) is 6.72. The van der Waals surface area contributed by atoms with Crippen molar-refractivity contribution in [3.63, 3.8) is 0 Å². The minimum absolute atomic E-state index is 0.0862. The number of nitrogens with two attached hydrogens (primary N) is 1. The molecule has 0 radical (unpaired) electrons. The van der Waals surface area contributed by atoms with Crippen molar-refractivity contribution >= 4 is 0 Å². The molecule has 2 N–H and O–H groups in total. The molecule has 1 fully saturated rings. The Balaban J connectivity index is 1.92. The topological polar surface area (TPSA) is 47.1 Å². The van der Waals surface area contributed by atoms with Crippen molar-refractivity contribution in [2.24, 2.45) is 12.8 Å². The Morgan fingerprint density at radius 2 is 1.90 bits per heavy atom. The molecule has 1 unspecified atom stereocenters. The molecule has 0 aromatic carbocycles. The minimum atomic E-state index is 0.0862. The third kappa shape index (κ3) is 3.61. The summed E-state index contributed by atoms with van der Waals surface area (Å²) >= 11 is 0. The first-order valence-corrected chi connectivity index (χ1v) is 7.99. The molecule has 0 amide bonds. The van der Waals surface area contributed by atoms with Gasteiger partial charge in [-0.25, -0.2) is 0 Å². The van der Waals surface area contributed by atoms with Gasteiger partial charge in [-0.2, -0.15) is 5.10 Å². The van der Waals surface area contributed by atoms with E-state index in [1.54, 1.807) is 0 Å². The van der Waals surface area contributed by atoms with Crippen LogP contribution in [0.2, 0.25) is 0 Å². The van der Waals surface area contributed by atoms with Gasteiger partial charge in [0.15, 0.2) is 0 Å². The van der Waals surface area contributed by atoms with Gasteiger partial charge in [-0.05, 0) is 58.7 Å². The van der Waals surface area contributed by atoms with E-state index in [1.807, 2.05) is 17.9 Å². The molecule has 1 aromatic rings. The van der Waals surface area contributed by atoms with Crippen LogP contribution >= 0.6 is 0 Å². The third-order valence-electron chi connectivity index (χ3n) is 4.96. The van der Waals surface area contributed by atoms with E-state index < -0.39 is 0 Å². The SMILES string of the molecule is Cn1nccc1CCC(N)C(C)(C)N1CCCCCC1. The largest absolute Gasteiger partial charge is 0.326 e. The fourth-order valence-corrected chi connectivity index (χ4v) is 3.18. The molecule has 0 bridgehead atoms. The Labute approximate surface area is 123 Å². The molecular formula is C16H30N4. The van der Waals surface area contributed by atoms with Crippen LogP contribution in [0.15, 0.2) is 12.3 Å². The summed E-state index contributed by atoms with van der Waals surface area (Å²) in [6, 6.07) is 2.29. The molecule has 1 aliphatic heterocycles. The maximum absolute atomic E-state index is 6.53. The van der Waals surface area contributed by atoms with Gasteiger partial charge in [-0.1, -0.05) is 12.8 Å². The zero-order chi connectivity index (χ0) is 14.6. The highest BCUT2D eigenvalue weighted by molar-refractivity contribution is 5.02. The lowest BCUT2D eigenvalue weighted by Gasteiger charge is -2.42. The maximum Gasteiger partial charge on any atom is 0.0492 e. The second-order valence-corrected chi connectivity index (χ2v) is 6.65. The molecule has 20 heavy (non-hydrogen) atoms. The first-order valence-electron chi connectivity index (χ1n) is 7.99. The number of likely N-dealkylation sites (tertiary alicyclic amines) is 1. The Morgan fingerprint density at radius 3 is 2.45 bits per heavy atom. The normalized spacial score (nSPS) is 19.8. The highest BCUT2D eigenvalue weighted by Gasteiger charge is 2.33. The molecule has 2 heterocycles. The lowest BCUT2D eigenvalue weighted by atomic mass is 9.89. The van der Waals surface area contributed by atoms with Gasteiger partial charge >= 0.3 is 0 Å². The van der Waals surface area contributed by atoms with Crippen molar-refractivity contribution < 1.29 is 0 Å². The zero-order valence-corrected chi connectivity index (χ0v) is 13.3. The summed E-state index contributed by atoms with van der Waals surface area (Å²) in [5.74, 6) is 0. The van der Waals surface area contributed by atoms with E-state index in [0.717, 1.165) is 12.8 Å². The van der Waals surface area contributed by atoms with Gasteiger partial charge in [0, 0.05) is 30.5 Å². The highest BCUT2D eigenvalue weighted by Crippen LogP contribution is 2.24. The van der Waals surface area contributed by atoms with Crippen molar-refractivity contribution in [3.8, 4) is 0 Å². The summed E-state index contributed by atoms with van der Waals surface area (Å²) in [5, 5.41) is 4.22. The fraction of sp³-hybridized carbons (Fsp3) is 0.812. The summed E-state index contributed by atoms with van der Waals surface area (Å²) < 4.78 is 1.95. The van der Waals surface area contributed by atoms with E-state index in [-0.39, 0.29) is 11.6 Å². The average molecular weight is 278 g/mol. The van der Waals surface area contributed by atoms with E-state index in [4.69, 9.17) is 5.73 Å². The van der Waals surface area contributed by atoms with Crippen molar-refractivity contribution in [2.45, 2.75) is 64.0 Å². The summed E-state index contributed by atoms with van der Waals surface area (Å²) in [4.78, 5) is 2.61. The van der Waals surface area contributed by atoms with Gasteiger partial charge in [0.2, 0.25) is 0 Å². The monoisotopic (exact) mass is 278 g/mol. The molecule has 4 nitrogen and oxygen atoms in total. The number of aryl methyl sites for hydroxylation is 2. The Hall–Kier alpha value is -0.870. The van der Waals surface area contributed by atoms with Crippen LogP contribution in [0, 0.1) is 0 Å². The first-order chi connectivity index (χ1) is 9.51. The lowest BCUT2D eigenvalue weighted by Crippen LogP contribution is -2.56. The number of hydrogen-bond donors (Lipinski definition) is 1. The van der Waals surface area contributed by atoms with Crippen LogP contribution < -0.4 is 5.73 Å². The zero-order valence-electron chi connectivity index (χ0n) is 13.3. The van der Waals surface area contributed by atoms with Gasteiger partial charge in [-0.3, -0.25) is 9.58 Å². The summed E-state index contributed by atoms with van der Waals surface area (Å²) in [5.41, 5.74) is 7.89. The molecule has 2 rings (SSSR count). The van der Waals surface area contributed by atoms with E-state index in [1.165, 1.54) is 44.5 Å². The van der Waals surface area contributed by atoms with Crippen LogP contribution in [0.25, 0.3) is 0 Å². The summed E-state index contributed by atoms with van der Waals surface area (Å²) in [6.45, 7) is 7.03. The van der Waals surface area contributed by atoms with E-state index in [2.05, 4.69) is 29.9 Å². The van der Waals surface area contributed by atoms with Crippen molar-refractivity contribution in [1.29, 1.82) is 0 Å². The van der Waals surface area contributed by atoms with Crippen molar-refractivity contribution in [1.82, 2.24) is 14.7 Å². The van der Waals surface area contributed by atoms with Crippen LogP contribution in [0.1, 0.15) is 51.6 Å². The second-order valence-electron chi connectivity index (χ2n) is 6.65. The van der Waals surface area contributed by atoms with Crippen LogP contribution in [0.4, 0.5) is 0 Å². The van der Waals surface area contributed by atoms with Gasteiger partial charge in [0.25, 0.3) is 0 Å². The predicted octanol–water partition coefficient (Wildman–Crippen LogP) is 2.33. The minimum Gasteiger partial charge on any atom is -0.326 e. The molecule has 114 valence electrons. The fourth-order valence-electron chi connectivity index (χ4n) is 3.18. The van der Waals surface area contributed by atoms with Gasteiger partial charge in [0.05, 0.1) is 0 Å². The standard InChI is InChI=1S/C16H30N4/c1-16(2,20-12-6-4-5-7-13-20)15(17)9-8-14-10-11-18-19(14)3/h10-11,15H,4-9,12-13,17H2,1-3H3. The van der Waals surface area contributed by atoms with Gasteiger partial charge in [0.1, 0.15) is 0 Å². The number of hydrogen-bond acceptors (Lipinski definition) is 3. The smallest absolute Gasteiger partial charge is 0.0492 e. The van der Waals surface area contributed by atoms with Gasteiger partial charge in [-0.15, -0.1) is 0 Å². The molecule has 1 aromatic heterocycles. The molecule has 1 aliphatic rings. The molecule has 0 aliphatic carbocycles. The van der Waals surface area contributed by atoms with E-state index >= 15 is 0 Å². The Kier molecular flexibility index (Phi) is 5.22. The average Bonchev–Trinajstić information content (AvgIpc) is 2.68. The third-order valence-corrected chi connectivity index (χ3v) is 4.96. The first kappa shape index (κ1) is 15.5. The van der Waals surface area contributed by atoms with Crippen LogP contribution in [-0.4, -0.2) is 39.4 Å². The lowest BCUT2D eigenvalue weighted by molar-refractivity contribution is 0.0947. The maximum atomic E-state index is 6.53.